The number of halogens is 4. The highest BCUT2D eigenvalue weighted by Gasteiger charge is 2.27. The van der Waals surface area contributed by atoms with E-state index in [-0.39, 0.29) is 29.5 Å². The van der Waals surface area contributed by atoms with Crippen LogP contribution in [0.15, 0.2) is 43.0 Å². The molecule has 3 aromatic heterocycles. The van der Waals surface area contributed by atoms with Gasteiger partial charge in [0, 0.05) is 24.2 Å². The number of carbonyl (C=O) groups excluding carboxylic acids is 1. The Morgan fingerprint density at radius 2 is 2.04 bits per heavy atom. The van der Waals surface area contributed by atoms with Crippen molar-refractivity contribution in [1.29, 1.82) is 0 Å². The van der Waals surface area contributed by atoms with Crippen LogP contribution in [0.4, 0.5) is 13.2 Å². The second-order valence-electron chi connectivity index (χ2n) is 5.76. The Morgan fingerprint density at radius 1 is 1.21 bits per heavy atom. The first-order valence-electron chi connectivity index (χ1n) is 8.13. The first-order valence-corrected chi connectivity index (χ1v) is 8.51. The molecule has 0 amide bonds. The van der Waals surface area contributed by atoms with E-state index < -0.39 is 12.6 Å². The largest absolute Gasteiger partial charge is 0.486 e. The molecular formula is C18H14ClF3N4O2. The number of ether oxygens (including phenoxy) is 1. The zero-order valence-corrected chi connectivity index (χ0v) is 15.1. The lowest BCUT2D eigenvalue weighted by Gasteiger charge is -2.13. The molecule has 3 heterocycles. The third-order valence-corrected chi connectivity index (χ3v) is 4.16. The Balaban J connectivity index is 1.85. The zero-order valence-electron chi connectivity index (χ0n) is 14.4. The summed E-state index contributed by atoms with van der Waals surface area (Å²) < 4.78 is 44.6. The van der Waals surface area contributed by atoms with E-state index in [2.05, 4.69) is 15.1 Å². The lowest BCUT2D eigenvalue weighted by atomic mass is 10.1. The summed E-state index contributed by atoms with van der Waals surface area (Å²) in [6.45, 7) is -0.313. The van der Waals surface area contributed by atoms with Crippen molar-refractivity contribution in [3.63, 3.8) is 0 Å². The van der Waals surface area contributed by atoms with Crippen molar-refractivity contribution in [3.05, 3.63) is 59.1 Å². The van der Waals surface area contributed by atoms with Crippen LogP contribution in [0.3, 0.4) is 0 Å². The Kier molecular flexibility index (Phi) is 5.93. The average Bonchev–Trinajstić information content (AvgIpc) is 3.13. The quantitative estimate of drug-likeness (QED) is 0.542. The SMILES string of the molecule is O=Cc1c(Cl)cncc1OCc1cccnc1-c1ccnn1CCC(F)(F)F. The van der Waals surface area contributed by atoms with Crippen LogP contribution in [0.5, 0.6) is 5.75 Å². The maximum absolute atomic E-state index is 12.6. The summed E-state index contributed by atoms with van der Waals surface area (Å²) in [6, 6.07) is 4.98. The molecule has 0 aliphatic rings. The summed E-state index contributed by atoms with van der Waals surface area (Å²) in [6.07, 6.45) is 0.900. The summed E-state index contributed by atoms with van der Waals surface area (Å²) in [5.41, 5.74) is 1.64. The van der Waals surface area contributed by atoms with Gasteiger partial charge in [-0.3, -0.25) is 19.4 Å². The normalized spacial score (nSPS) is 11.4. The van der Waals surface area contributed by atoms with Crippen molar-refractivity contribution >= 4 is 17.9 Å². The molecule has 0 saturated carbocycles. The van der Waals surface area contributed by atoms with Crippen molar-refractivity contribution < 1.29 is 22.7 Å². The van der Waals surface area contributed by atoms with Crippen molar-refractivity contribution in [2.75, 3.05) is 0 Å². The van der Waals surface area contributed by atoms with Crippen LogP contribution in [0.1, 0.15) is 22.3 Å². The number of carbonyl (C=O) groups is 1. The van der Waals surface area contributed by atoms with Crippen LogP contribution in [0, 0.1) is 0 Å². The molecule has 146 valence electrons. The van der Waals surface area contributed by atoms with Crippen LogP contribution in [0.2, 0.25) is 5.02 Å². The molecule has 0 N–H and O–H groups in total. The molecular weight excluding hydrogens is 397 g/mol. The molecule has 3 aromatic rings. The van der Waals surface area contributed by atoms with Gasteiger partial charge in [0.25, 0.3) is 0 Å². The van der Waals surface area contributed by atoms with Gasteiger partial charge in [0.15, 0.2) is 6.29 Å². The number of aryl methyl sites for hydroxylation is 1. The maximum atomic E-state index is 12.6. The van der Waals surface area contributed by atoms with E-state index in [1.807, 2.05) is 0 Å². The molecule has 0 atom stereocenters. The number of hydrogen-bond acceptors (Lipinski definition) is 5. The summed E-state index contributed by atoms with van der Waals surface area (Å²) in [5, 5.41) is 4.11. The summed E-state index contributed by atoms with van der Waals surface area (Å²) in [4.78, 5) is 19.4. The monoisotopic (exact) mass is 410 g/mol. The molecule has 0 radical (unpaired) electrons. The van der Waals surface area contributed by atoms with E-state index in [1.165, 1.54) is 29.5 Å². The van der Waals surface area contributed by atoms with E-state index >= 15 is 0 Å². The van der Waals surface area contributed by atoms with Crippen LogP contribution >= 0.6 is 11.6 Å². The van der Waals surface area contributed by atoms with Crippen molar-refractivity contribution in [2.45, 2.75) is 25.7 Å². The highest BCUT2D eigenvalue weighted by Crippen LogP contribution is 2.27. The second kappa shape index (κ2) is 8.39. The van der Waals surface area contributed by atoms with Gasteiger partial charge in [-0.15, -0.1) is 0 Å². The Bertz CT molecular complexity index is 975. The predicted molar refractivity (Wildman–Crippen MR) is 95.1 cm³/mol. The van der Waals surface area contributed by atoms with Gasteiger partial charge in [-0.2, -0.15) is 18.3 Å². The fourth-order valence-corrected chi connectivity index (χ4v) is 2.74. The first-order chi connectivity index (χ1) is 13.4. The fourth-order valence-electron chi connectivity index (χ4n) is 2.54. The minimum absolute atomic E-state index is 0.0104. The van der Waals surface area contributed by atoms with Gasteiger partial charge in [0.2, 0.25) is 0 Å². The van der Waals surface area contributed by atoms with Crippen molar-refractivity contribution in [3.8, 4) is 17.1 Å². The molecule has 0 saturated heterocycles. The smallest absolute Gasteiger partial charge is 0.390 e. The number of rotatable bonds is 7. The number of aromatic nitrogens is 4. The minimum Gasteiger partial charge on any atom is -0.486 e. The number of nitrogens with zero attached hydrogens (tertiary/aromatic N) is 4. The number of pyridine rings is 2. The van der Waals surface area contributed by atoms with Gasteiger partial charge in [-0.25, -0.2) is 0 Å². The fraction of sp³-hybridized carbons (Fsp3) is 0.222. The van der Waals surface area contributed by atoms with Crippen LogP contribution in [-0.2, 0) is 13.2 Å². The molecule has 10 heteroatoms. The number of hydrogen-bond donors (Lipinski definition) is 0. The minimum atomic E-state index is -4.29. The lowest BCUT2D eigenvalue weighted by molar-refractivity contribution is -0.137. The zero-order chi connectivity index (χ0) is 20.1. The lowest BCUT2D eigenvalue weighted by Crippen LogP contribution is -2.14. The molecule has 0 spiro atoms. The van der Waals surface area contributed by atoms with E-state index in [1.54, 1.807) is 18.2 Å². The van der Waals surface area contributed by atoms with Crippen LogP contribution in [0.25, 0.3) is 11.4 Å². The number of aldehydes is 1. The third kappa shape index (κ3) is 4.66. The Labute approximate surface area is 162 Å². The molecule has 28 heavy (non-hydrogen) atoms. The summed E-state index contributed by atoms with van der Waals surface area (Å²) >= 11 is 5.93. The van der Waals surface area contributed by atoms with E-state index in [9.17, 15) is 18.0 Å². The van der Waals surface area contributed by atoms with Gasteiger partial charge in [-0.1, -0.05) is 17.7 Å². The maximum Gasteiger partial charge on any atom is 0.390 e. The molecule has 0 aromatic carbocycles. The Morgan fingerprint density at radius 3 is 2.79 bits per heavy atom. The van der Waals surface area contributed by atoms with Gasteiger partial charge >= 0.3 is 6.18 Å². The van der Waals surface area contributed by atoms with E-state index in [0.717, 1.165) is 0 Å². The Hall–Kier alpha value is -2.94. The number of alkyl halides is 3. The molecule has 0 aliphatic heterocycles. The highest BCUT2D eigenvalue weighted by atomic mass is 35.5. The molecule has 0 unspecified atom stereocenters. The molecule has 0 fully saturated rings. The standard InChI is InChI=1S/C18H14ClF3N4O2/c19-14-8-23-9-16(13(14)10-27)28-11-12-2-1-5-24-17(12)15-3-6-25-26(15)7-4-18(20,21)22/h1-3,5-6,8-10H,4,7,11H2. The summed E-state index contributed by atoms with van der Waals surface area (Å²) in [5.74, 6) is 0.197. The van der Waals surface area contributed by atoms with E-state index in [0.29, 0.717) is 23.2 Å². The van der Waals surface area contributed by atoms with Gasteiger partial charge in [0.05, 0.1) is 41.1 Å². The van der Waals surface area contributed by atoms with Crippen LogP contribution < -0.4 is 4.74 Å². The van der Waals surface area contributed by atoms with Crippen molar-refractivity contribution in [1.82, 2.24) is 19.7 Å². The van der Waals surface area contributed by atoms with Crippen molar-refractivity contribution in [2.24, 2.45) is 0 Å². The molecule has 0 aliphatic carbocycles. The first kappa shape index (κ1) is 19.8. The average molecular weight is 411 g/mol. The molecule has 6 nitrogen and oxygen atoms in total. The van der Waals surface area contributed by atoms with Gasteiger partial charge < -0.3 is 4.74 Å². The van der Waals surface area contributed by atoms with E-state index in [4.69, 9.17) is 16.3 Å². The van der Waals surface area contributed by atoms with Crippen LogP contribution in [-0.4, -0.2) is 32.2 Å². The summed E-state index contributed by atoms with van der Waals surface area (Å²) in [7, 11) is 0. The second-order valence-corrected chi connectivity index (χ2v) is 6.16. The molecule has 0 bridgehead atoms. The van der Waals surface area contributed by atoms with Gasteiger partial charge in [-0.05, 0) is 12.1 Å². The molecule has 3 rings (SSSR count). The third-order valence-electron chi connectivity index (χ3n) is 3.86. The van der Waals surface area contributed by atoms with Gasteiger partial charge in [0.1, 0.15) is 12.4 Å². The highest BCUT2D eigenvalue weighted by molar-refractivity contribution is 6.33. The predicted octanol–water partition coefficient (Wildman–Crippen LogP) is 4.34. The topological polar surface area (TPSA) is 69.9 Å².